The van der Waals surface area contributed by atoms with E-state index in [9.17, 15) is 0 Å². The number of hydrogen-bond acceptors (Lipinski definition) is 6. The lowest BCUT2D eigenvalue weighted by Gasteiger charge is -2.32. The van der Waals surface area contributed by atoms with Crippen LogP contribution in [0.1, 0.15) is 27.7 Å². The van der Waals surface area contributed by atoms with E-state index < -0.39 is 0 Å². The predicted octanol–water partition coefficient (Wildman–Crippen LogP) is 22.5. The van der Waals surface area contributed by atoms with Crippen molar-refractivity contribution < 1.29 is 9.31 Å². The molecule has 0 amide bonds. The molecule has 1 fully saturated rings. The van der Waals surface area contributed by atoms with E-state index in [1.165, 1.54) is 49.7 Å². The third-order valence-corrected chi connectivity index (χ3v) is 19.2. The van der Waals surface area contributed by atoms with Gasteiger partial charge in [-0.05, 0) is 119 Å². The van der Waals surface area contributed by atoms with E-state index in [1.807, 2.05) is 36.4 Å². The molecule has 97 heavy (non-hydrogen) atoms. The maximum absolute atomic E-state index is 6.30. The fraction of sp³-hybridized carbons (Fsp3) is 0.0667. The molecule has 16 aromatic rings. The van der Waals surface area contributed by atoms with Gasteiger partial charge in [0.25, 0.3) is 0 Å². The maximum Gasteiger partial charge on any atom is 0.494 e. The van der Waals surface area contributed by atoms with Gasteiger partial charge in [-0.2, -0.15) is 0 Å². The second-order valence-corrected chi connectivity index (χ2v) is 25.9. The first-order chi connectivity index (χ1) is 47.6. The Bertz CT molecular complexity index is 5480. The highest BCUT2D eigenvalue weighted by Gasteiger charge is 2.51. The fourth-order valence-electron chi connectivity index (χ4n) is 13.4. The molecule has 7 heteroatoms. The highest BCUT2D eigenvalue weighted by molar-refractivity contribution is 6.62. The van der Waals surface area contributed by atoms with Crippen molar-refractivity contribution in [2.45, 2.75) is 38.9 Å². The summed E-state index contributed by atoms with van der Waals surface area (Å²) in [5.74, 6) is 0.714. The number of hydrogen-bond donors (Lipinski definition) is 0. The Morgan fingerprint density at radius 1 is 0.247 bits per heavy atom. The normalized spacial score (nSPS) is 13.2. The van der Waals surface area contributed by atoms with E-state index in [4.69, 9.17) is 29.2 Å². The van der Waals surface area contributed by atoms with E-state index in [2.05, 4.69) is 325 Å². The molecule has 1 saturated heterocycles. The second kappa shape index (κ2) is 25.5. The largest absolute Gasteiger partial charge is 0.494 e. The lowest BCUT2D eigenvalue weighted by molar-refractivity contribution is 0.00578. The van der Waals surface area contributed by atoms with Gasteiger partial charge in [0.05, 0.1) is 45.0 Å². The molecule has 0 spiro atoms. The van der Waals surface area contributed by atoms with Gasteiger partial charge < -0.3 is 9.31 Å². The van der Waals surface area contributed by atoms with E-state index in [1.54, 1.807) is 0 Å². The van der Waals surface area contributed by atoms with Crippen LogP contribution in [0.15, 0.2) is 334 Å². The van der Waals surface area contributed by atoms with Crippen LogP contribution in [-0.4, -0.2) is 38.3 Å². The lowest BCUT2D eigenvalue weighted by atomic mass is 9.78. The van der Waals surface area contributed by atoms with Crippen LogP contribution in [0.4, 0.5) is 0 Å². The Morgan fingerprint density at radius 2 is 0.567 bits per heavy atom. The first kappa shape index (κ1) is 60.2. The molecule has 0 aliphatic carbocycles. The molecule has 17 rings (SSSR count). The molecule has 13 aromatic carbocycles. The predicted molar refractivity (Wildman–Crippen MR) is 404 cm³/mol. The first-order valence-corrected chi connectivity index (χ1v) is 33.2. The van der Waals surface area contributed by atoms with E-state index in [-0.39, 0.29) is 18.3 Å². The van der Waals surface area contributed by atoms with E-state index in [0.29, 0.717) is 5.82 Å². The summed E-state index contributed by atoms with van der Waals surface area (Å²) >= 11 is 0. The molecule has 0 bridgehead atoms. The molecule has 0 radical (unpaired) electrons. The minimum Gasteiger partial charge on any atom is -0.399 e. The number of para-hydroxylation sites is 2. The summed E-state index contributed by atoms with van der Waals surface area (Å²) in [6, 6.07) is 117. The minimum atomic E-state index is -0.380. The van der Waals surface area contributed by atoms with Gasteiger partial charge >= 0.3 is 7.12 Å². The number of pyridine rings is 2. The van der Waals surface area contributed by atoms with Gasteiger partial charge in [-0.25, -0.2) is 19.9 Å². The molecular formula is C90H67BN4O2. The van der Waals surface area contributed by atoms with Crippen molar-refractivity contribution in [1.29, 1.82) is 0 Å². The van der Waals surface area contributed by atoms with Gasteiger partial charge in [0.2, 0.25) is 0 Å². The molecule has 1 aliphatic rings. The summed E-state index contributed by atoms with van der Waals surface area (Å²) in [7, 11) is -0.380. The van der Waals surface area contributed by atoms with Crippen molar-refractivity contribution in [3.05, 3.63) is 334 Å². The van der Waals surface area contributed by atoms with Gasteiger partial charge in [0, 0.05) is 60.1 Å². The van der Waals surface area contributed by atoms with Crippen LogP contribution in [0.5, 0.6) is 0 Å². The number of rotatable bonds is 11. The Balaban J connectivity index is 0.000000160. The summed E-state index contributed by atoms with van der Waals surface area (Å²) in [6.45, 7) is 8.35. The summed E-state index contributed by atoms with van der Waals surface area (Å²) in [5.41, 5.74) is 23.1. The van der Waals surface area contributed by atoms with Gasteiger partial charge in [-0.15, -0.1) is 0 Å². The second-order valence-electron chi connectivity index (χ2n) is 25.9. The molecule has 0 N–H and O–H groups in total. The third kappa shape index (κ3) is 11.9. The zero-order valence-electron chi connectivity index (χ0n) is 54.4. The van der Waals surface area contributed by atoms with Gasteiger partial charge in [0.1, 0.15) is 0 Å². The zero-order chi connectivity index (χ0) is 65.5. The lowest BCUT2D eigenvalue weighted by Crippen LogP contribution is -2.41. The molecular weight excluding hydrogens is 1180 g/mol. The Morgan fingerprint density at radius 3 is 1.02 bits per heavy atom. The summed E-state index contributed by atoms with van der Waals surface area (Å²) in [6.07, 6.45) is 0. The van der Waals surface area contributed by atoms with Crippen molar-refractivity contribution in [2.75, 3.05) is 0 Å². The highest BCUT2D eigenvalue weighted by Crippen LogP contribution is 2.43. The average Bonchev–Trinajstić information content (AvgIpc) is 1.24. The highest BCUT2D eigenvalue weighted by atomic mass is 16.7. The van der Waals surface area contributed by atoms with Crippen LogP contribution >= 0.6 is 0 Å². The molecule has 462 valence electrons. The smallest absolute Gasteiger partial charge is 0.399 e. The van der Waals surface area contributed by atoms with Crippen molar-refractivity contribution in [3.8, 4) is 112 Å². The van der Waals surface area contributed by atoms with Crippen LogP contribution in [-0.2, 0) is 9.31 Å². The van der Waals surface area contributed by atoms with Gasteiger partial charge in [0.15, 0.2) is 5.82 Å². The van der Waals surface area contributed by atoms with Crippen molar-refractivity contribution in [3.63, 3.8) is 0 Å². The van der Waals surface area contributed by atoms with Gasteiger partial charge in [-0.3, -0.25) is 0 Å². The Labute approximate surface area is 566 Å². The SMILES string of the molecule is CC1(C)OB(c2ccc(-c3cccc4c(-c5cccc(-c6ccccc6)c5)nc5ccccc5c34)cc2)OC1(C)C.c1ccc(-c2cccc(-c3nc4ccccc4c4c(-c5ccc(-c6ccc(-c7cc(-c8ccccc8)nc(-c8ccccc8)n7)cc6)cc5)cccc34)c2)cc1. The molecule has 6 nitrogen and oxygen atoms in total. The summed E-state index contributed by atoms with van der Waals surface area (Å²) < 4.78 is 12.6. The quantitative estimate of drug-likeness (QED) is 0.0949. The van der Waals surface area contributed by atoms with Gasteiger partial charge in [-0.1, -0.05) is 303 Å². The number of nitrogens with zero attached hydrogens (tertiary/aromatic N) is 4. The molecule has 0 atom stereocenters. The Kier molecular flexibility index (Phi) is 15.9. The van der Waals surface area contributed by atoms with Crippen LogP contribution < -0.4 is 5.46 Å². The third-order valence-electron chi connectivity index (χ3n) is 19.2. The zero-order valence-corrected chi connectivity index (χ0v) is 54.4. The monoisotopic (exact) mass is 1250 g/mol. The van der Waals surface area contributed by atoms with Crippen molar-refractivity contribution in [2.24, 2.45) is 0 Å². The Hall–Kier alpha value is -11.7. The van der Waals surface area contributed by atoms with E-state index in [0.717, 1.165) is 105 Å². The molecule has 0 saturated carbocycles. The summed E-state index contributed by atoms with van der Waals surface area (Å²) in [4.78, 5) is 20.4. The standard InChI is InChI=1S/C53H35N3.C37H32BNO2/c1-4-14-36(15-5-1)43-20-12-21-44(34-43)52-47-24-13-23-45(51(47)46-22-10-11-25-48(46)54-52)39-30-26-37(27-31-39)38-28-32-41(33-29-38)50-35-49(40-16-6-2-7-17-40)55-53(56-50)42-18-8-3-9-19-42;1-36(2)37(3,4)41-38(40-36)29-22-20-26(21-23-29)30-17-11-18-32-34(30)31-16-8-9-19-33(31)39-35(32)28-15-10-14-27(24-28)25-12-6-5-7-13-25/h1-35H;5-24H,1-4H3. The summed E-state index contributed by atoms with van der Waals surface area (Å²) in [5, 5.41) is 7.00. The van der Waals surface area contributed by atoms with Crippen LogP contribution in [0.3, 0.4) is 0 Å². The minimum absolute atomic E-state index is 0.369. The van der Waals surface area contributed by atoms with E-state index >= 15 is 0 Å². The molecule has 3 aromatic heterocycles. The number of aromatic nitrogens is 4. The maximum atomic E-state index is 6.30. The van der Waals surface area contributed by atoms with Crippen molar-refractivity contribution >= 4 is 55.9 Å². The average molecular weight is 1250 g/mol. The number of benzene rings is 13. The molecule has 1 aliphatic heterocycles. The van der Waals surface area contributed by atoms with Crippen LogP contribution in [0, 0.1) is 0 Å². The first-order valence-electron chi connectivity index (χ1n) is 33.2. The number of fused-ring (bicyclic) bond motifs is 6. The van der Waals surface area contributed by atoms with Crippen LogP contribution in [0.25, 0.3) is 155 Å². The fourth-order valence-corrected chi connectivity index (χ4v) is 13.4. The molecule has 4 heterocycles. The topological polar surface area (TPSA) is 70.0 Å². The van der Waals surface area contributed by atoms with Crippen LogP contribution in [0.2, 0.25) is 0 Å². The van der Waals surface area contributed by atoms with Crippen molar-refractivity contribution in [1.82, 2.24) is 19.9 Å². The molecule has 0 unspecified atom stereocenters.